The van der Waals surface area contributed by atoms with Crippen molar-refractivity contribution in [2.75, 3.05) is 18.9 Å². The summed E-state index contributed by atoms with van der Waals surface area (Å²) in [5, 5.41) is 7.18. The molecule has 0 spiro atoms. The van der Waals surface area contributed by atoms with Crippen molar-refractivity contribution in [3.8, 4) is 0 Å². The van der Waals surface area contributed by atoms with Crippen LogP contribution in [-0.2, 0) is 9.53 Å². The minimum atomic E-state index is -0.789. The minimum absolute atomic E-state index is 0.245. The fourth-order valence-corrected chi connectivity index (χ4v) is 1.87. The fraction of sp³-hybridized carbons (Fsp3) is 0.250. The average Bonchev–Trinajstić information content (AvgIpc) is 2.96. The van der Waals surface area contributed by atoms with Crippen LogP contribution in [-0.4, -0.2) is 41.8 Å². The lowest BCUT2D eigenvalue weighted by molar-refractivity contribution is -0.122. The van der Waals surface area contributed by atoms with E-state index in [1.807, 2.05) is 0 Å². The van der Waals surface area contributed by atoms with Crippen LogP contribution in [0.4, 0.5) is 10.5 Å². The standard InChI is InChI=1S/C12H11N3O4/c1-15-6-10(18-12(15)17)11(16)14-8-3-2-7-5-13-19-9(7)4-8/h2-5,10H,6H2,1H3,(H,14,16)/t10-/m1/s1. The molecule has 1 aliphatic heterocycles. The van der Waals surface area contributed by atoms with E-state index in [4.69, 9.17) is 9.26 Å². The van der Waals surface area contributed by atoms with Crippen molar-refractivity contribution < 1.29 is 18.8 Å². The highest BCUT2D eigenvalue weighted by Crippen LogP contribution is 2.19. The maximum Gasteiger partial charge on any atom is 0.410 e. The fourth-order valence-electron chi connectivity index (χ4n) is 1.87. The lowest BCUT2D eigenvalue weighted by Crippen LogP contribution is -2.31. The lowest BCUT2D eigenvalue weighted by atomic mass is 10.2. The predicted octanol–water partition coefficient (Wildman–Crippen LogP) is 1.22. The molecule has 1 fully saturated rings. The number of carbonyl (C=O) groups is 2. The average molecular weight is 261 g/mol. The second kappa shape index (κ2) is 4.27. The van der Waals surface area contributed by atoms with Gasteiger partial charge in [-0.1, -0.05) is 5.16 Å². The number of hydrogen-bond acceptors (Lipinski definition) is 5. The summed E-state index contributed by atoms with van der Waals surface area (Å²) in [6.07, 6.45) is 0.308. The van der Waals surface area contributed by atoms with Crippen molar-refractivity contribution in [3.05, 3.63) is 24.4 Å². The quantitative estimate of drug-likeness (QED) is 0.878. The summed E-state index contributed by atoms with van der Waals surface area (Å²) in [5.41, 5.74) is 1.15. The molecule has 0 unspecified atom stereocenters. The third-order valence-electron chi connectivity index (χ3n) is 2.91. The molecule has 98 valence electrons. The maximum atomic E-state index is 11.9. The number of carbonyl (C=O) groups excluding carboxylic acids is 2. The normalized spacial score (nSPS) is 18.7. The van der Waals surface area contributed by atoms with Gasteiger partial charge in [-0.25, -0.2) is 4.79 Å². The van der Waals surface area contributed by atoms with Gasteiger partial charge in [-0.15, -0.1) is 0 Å². The second-order valence-electron chi connectivity index (χ2n) is 4.32. The number of amides is 2. The Morgan fingerprint density at radius 1 is 1.53 bits per heavy atom. The number of nitrogens with zero attached hydrogens (tertiary/aromatic N) is 2. The summed E-state index contributed by atoms with van der Waals surface area (Å²) in [4.78, 5) is 24.5. The smallest absolute Gasteiger partial charge is 0.410 e. The monoisotopic (exact) mass is 261 g/mol. The summed E-state index contributed by atoms with van der Waals surface area (Å²) >= 11 is 0. The van der Waals surface area contributed by atoms with Crippen LogP contribution < -0.4 is 5.32 Å². The highest BCUT2D eigenvalue weighted by atomic mass is 16.6. The molecule has 19 heavy (non-hydrogen) atoms. The first-order chi connectivity index (χ1) is 9.13. The Labute approximate surface area is 108 Å². The van der Waals surface area contributed by atoms with Crippen molar-refractivity contribution in [1.29, 1.82) is 0 Å². The zero-order chi connectivity index (χ0) is 13.4. The molecule has 1 aromatic carbocycles. The highest BCUT2D eigenvalue weighted by molar-refractivity contribution is 5.97. The molecule has 7 heteroatoms. The zero-order valence-electron chi connectivity index (χ0n) is 10.1. The van der Waals surface area contributed by atoms with Gasteiger partial charge in [-0.05, 0) is 12.1 Å². The number of anilines is 1. The van der Waals surface area contributed by atoms with E-state index in [0.717, 1.165) is 5.39 Å². The zero-order valence-corrected chi connectivity index (χ0v) is 10.1. The second-order valence-corrected chi connectivity index (χ2v) is 4.32. The number of benzene rings is 1. The van der Waals surface area contributed by atoms with Gasteiger partial charge >= 0.3 is 6.09 Å². The van der Waals surface area contributed by atoms with E-state index in [2.05, 4.69) is 10.5 Å². The summed E-state index contributed by atoms with van der Waals surface area (Å²) in [7, 11) is 1.58. The van der Waals surface area contributed by atoms with E-state index in [0.29, 0.717) is 11.3 Å². The Morgan fingerprint density at radius 2 is 2.37 bits per heavy atom. The molecule has 0 radical (unpaired) electrons. The summed E-state index contributed by atoms with van der Waals surface area (Å²) in [6, 6.07) is 5.19. The third-order valence-corrected chi connectivity index (χ3v) is 2.91. The molecule has 2 amide bonds. The Balaban J connectivity index is 1.74. The van der Waals surface area contributed by atoms with Crippen molar-refractivity contribution in [1.82, 2.24) is 10.1 Å². The largest absolute Gasteiger partial charge is 0.434 e. The molecule has 1 aliphatic rings. The van der Waals surface area contributed by atoms with Gasteiger partial charge in [-0.3, -0.25) is 4.79 Å². The van der Waals surface area contributed by atoms with E-state index < -0.39 is 12.2 Å². The number of likely N-dealkylation sites (N-methyl/N-ethyl adjacent to an activating group) is 1. The van der Waals surface area contributed by atoms with Gasteiger partial charge in [0.1, 0.15) is 0 Å². The molecule has 1 atom stereocenters. The van der Waals surface area contributed by atoms with Gasteiger partial charge in [0, 0.05) is 24.2 Å². The van der Waals surface area contributed by atoms with Gasteiger partial charge < -0.3 is 19.5 Å². The SMILES string of the molecule is CN1C[C@H](C(=O)Nc2ccc3cnoc3c2)OC1=O. The summed E-state index contributed by atoms with van der Waals surface area (Å²) in [5.74, 6) is -0.364. The number of ether oxygens (including phenoxy) is 1. The number of nitrogens with one attached hydrogen (secondary N) is 1. The number of hydrogen-bond donors (Lipinski definition) is 1. The lowest BCUT2D eigenvalue weighted by Gasteiger charge is -2.09. The van der Waals surface area contributed by atoms with Crippen molar-refractivity contribution in [2.45, 2.75) is 6.10 Å². The molecule has 1 aromatic heterocycles. The molecule has 1 N–H and O–H groups in total. The number of fused-ring (bicyclic) bond motifs is 1. The summed E-state index contributed by atoms with van der Waals surface area (Å²) < 4.78 is 9.92. The number of rotatable bonds is 2. The molecule has 0 bridgehead atoms. The van der Waals surface area contributed by atoms with E-state index in [9.17, 15) is 9.59 Å². The predicted molar refractivity (Wildman–Crippen MR) is 65.5 cm³/mol. The maximum absolute atomic E-state index is 11.9. The third kappa shape index (κ3) is 2.10. The van der Waals surface area contributed by atoms with E-state index in [1.165, 1.54) is 4.90 Å². The van der Waals surface area contributed by atoms with E-state index in [-0.39, 0.29) is 12.5 Å². The Morgan fingerprint density at radius 3 is 3.11 bits per heavy atom. The topological polar surface area (TPSA) is 84.7 Å². The first-order valence-corrected chi connectivity index (χ1v) is 5.70. The van der Waals surface area contributed by atoms with Crippen LogP contribution in [0.3, 0.4) is 0 Å². The van der Waals surface area contributed by atoms with E-state index in [1.54, 1.807) is 31.4 Å². The van der Waals surface area contributed by atoms with Gasteiger partial charge in [-0.2, -0.15) is 0 Å². The molecular formula is C12H11N3O4. The molecule has 2 aromatic rings. The molecule has 0 aliphatic carbocycles. The first kappa shape index (κ1) is 11.5. The van der Waals surface area contributed by atoms with Gasteiger partial charge in [0.05, 0.1) is 12.7 Å². The van der Waals surface area contributed by atoms with Crippen LogP contribution >= 0.6 is 0 Å². The Kier molecular flexibility index (Phi) is 2.59. The highest BCUT2D eigenvalue weighted by Gasteiger charge is 2.33. The molecule has 1 saturated heterocycles. The molecular weight excluding hydrogens is 250 g/mol. The van der Waals surface area contributed by atoms with Gasteiger partial charge in [0.25, 0.3) is 5.91 Å². The molecule has 7 nitrogen and oxygen atoms in total. The molecule has 3 rings (SSSR count). The first-order valence-electron chi connectivity index (χ1n) is 5.70. The van der Waals surface area contributed by atoms with Gasteiger partial charge in [0.15, 0.2) is 11.7 Å². The van der Waals surface area contributed by atoms with Gasteiger partial charge in [0.2, 0.25) is 0 Å². The Bertz CT molecular complexity index is 651. The van der Waals surface area contributed by atoms with Crippen molar-refractivity contribution in [3.63, 3.8) is 0 Å². The van der Waals surface area contributed by atoms with Crippen molar-refractivity contribution >= 4 is 28.7 Å². The number of cyclic esters (lactones) is 1. The van der Waals surface area contributed by atoms with Crippen LogP contribution in [0.25, 0.3) is 11.0 Å². The number of aromatic nitrogens is 1. The molecule has 2 heterocycles. The summed E-state index contributed by atoms with van der Waals surface area (Å²) in [6.45, 7) is 0.245. The van der Waals surface area contributed by atoms with Crippen LogP contribution in [0.5, 0.6) is 0 Å². The molecule has 0 saturated carbocycles. The van der Waals surface area contributed by atoms with Crippen LogP contribution in [0.1, 0.15) is 0 Å². The van der Waals surface area contributed by atoms with Crippen LogP contribution in [0.2, 0.25) is 0 Å². The van der Waals surface area contributed by atoms with Crippen molar-refractivity contribution in [2.24, 2.45) is 0 Å². The Hall–Kier alpha value is -2.57. The van der Waals surface area contributed by atoms with Crippen LogP contribution in [0.15, 0.2) is 28.9 Å². The van der Waals surface area contributed by atoms with Crippen LogP contribution in [0, 0.1) is 0 Å². The van der Waals surface area contributed by atoms with E-state index >= 15 is 0 Å². The minimum Gasteiger partial charge on any atom is -0.434 e.